The molecule has 0 spiro atoms. The number of benzene rings is 1. The largest absolute Gasteiger partial charge is 0.425 e. The second-order valence-corrected chi connectivity index (χ2v) is 4.33. The maximum Gasteiger partial charge on any atom is 0.330 e. The van der Waals surface area contributed by atoms with Crippen molar-refractivity contribution in [1.29, 1.82) is 0 Å². The lowest BCUT2D eigenvalue weighted by Gasteiger charge is -2.08. The Labute approximate surface area is 107 Å². The number of esters is 1. The number of hydrogen-bond donors (Lipinski definition) is 1. The summed E-state index contributed by atoms with van der Waals surface area (Å²) >= 11 is 0. The first-order valence-corrected chi connectivity index (χ1v) is 6.10. The van der Waals surface area contributed by atoms with Crippen LogP contribution in [0.4, 0.5) is 0 Å². The molecule has 1 amide bonds. The van der Waals surface area contributed by atoms with Gasteiger partial charge in [0.2, 0.25) is 5.91 Å². The minimum atomic E-state index is -0.464. The summed E-state index contributed by atoms with van der Waals surface area (Å²) in [6.45, 7) is 5.83. The summed E-state index contributed by atoms with van der Waals surface area (Å²) in [4.78, 5) is 22.4. The molecule has 1 N–H and O–H groups in total. The highest BCUT2D eigenvalue weighted by molar-refractivity contribution is 5.82. The molecule has 0 atom stereocenters. The highest BCUT2D eigenvalue weighted by Gasteiger charge is 2.07. The smallest absolute Gasteiger partial charge is 0.330 e. The van der Waals surface area contributed by atoms with Crippen molar-refractivity contribution in [3.05, 3.63) is 29.8 Å². The zero-order valence-electron chi connectivity index (χ0n) is 11.0. The third-order valence-electron chi connectivity index (χ3n) is 2.53. The zero-order valence-corrected chi connectivity index (χ0v) is 11.0. The molecule has 18 heavy (non-hydrogen) atoms. The van der Waals surface area contributed by atoms with Gasteiger partial charge in [-0.25, -0.2) is 4.79 Å². The first-order valence-electron chi connectivity index (χ1n) is 6.10. The molecule has 1 aromatic carbocycles. The van der Waals surface area contributed by atoms with Crippen LogP contribution in [0.25, 0.3) is 0 Å². The van der Waals surface area contributed by atoms with Gasteiger partial charge in [-0.1, -0.05) is 32.9 Å². The van der Waals surface area contributed by atoms with Crippen molar-refractivity contribution < 1.29 is 14.3 Å². The lowest BCUT2D eigenvalue weighted by molar-refractivity contribution is -0.135. The second kappa shape index (κ2) is 6.79. The van der Waals surface area contributed by atoms with E-state index in [2.05, 4.69) is 19.2 Å². The van der Waals surface area contributed by atoms with E-state index in [9.17, 15) is 9.59 Å². The quantitative estimate of drug-likeness (QED) is 0.643. The Morgan fingerprint density at radius 3 is 2.33 bits per heavy atom. The Balaban J connectivity index is 2.47. The molecule has 1 aromatic rings. The van der Waals surface area contributed by atoms with E-state index in [-0.39, 0.29) is 12.5 Å². The van der Waals surface area contributed by atoms with Crippen LogP contribution in [0.1, 0.15) is 38.7 Å². The number of rotatable bonds is 5. The van der Waals surface area contributed by atoms with Crippen LogP contribution in [0.2, 0.25) is 0 Å². The molecule has 0 unspecified atom stereocenters. The summed E-state index contributed by atoms with van der Waals surface area (Å²) in [5.74, 6) is 0.310. The molecular weight excluding hydrogens is 230 g/mol. The molecule has 4 nitrogen and oxygen atoms in total. The molecule has 0 heterocycles. The van der Waals surface area contributed by atoms with Crippen LogP contribution in [0.5, 0.6) is 5.75 Å². The number of ether oxygens (including phenoxy) is 1. The molecule has 0 bridgehead atoms. The van der Waals surface area contributed by atoms with Crippen molar-refractivity contribution in [3.63, 3.8) is 0 Å². The predicted octanol–water partition coefficient (Wildman–Crippen LogP) is 2.24. The third-order valence-corrected chi connectivity index (χ3v) is 2.53. The van der Waals surface area contributed by atoms with Crippen molar-refractivity contribution in [2.24, 2.45) is 0 Å². The Bertz CT molecular complexity index is 410. The summed E-state index contributed by atoms with van der Waals surface area (Å²) in [6.07, 6.45) is 0.358. The van der Waals surface area contributed by atoms with Gasteiger partial charge in [-0.15, -0.1) is 0 Å². The van der Waals surface area contributed by atoms with E-state index < -0.39 is 5.97 Å². The lowest BCUT2D eigenvalue weighted by Crippen LogP contribution is -2.31. The second-order valence-electron chi connectivity index (χ2n) is 4.33. The Hall–Kier alpha value is -1.84. The van der Waals surface area contributed by atoms with Gasteiger partial charge in [0.25, 0.3) is 0 Å². The molecule has 0 saturated carbocycles. The molecule has 0 aromatic heterocycles. The zero-order chi connectivity index (χ0) is 13.5. The first kappa shape index (κ1) is 14.2. The van der Waals surface area contributed by atoms with Crippen molar-refractivity contribution in [2.75, 3.05) is 6.54 Å². The van der Waals surface area contributed by atoms with Gasteiger partial charge in [0, 0.05) is 6.42 Å². The van der Waals surface area contributed by atoms with Gasteiger partial charge in [-0.05, 0) is 23.6 Å². The highest BCUT2D eigenvalue weighted by atomic mass is 16.5. The van der Waals surface area contributed by atoms with E-state index >= 15 is 0 Å². The third kappa shape index (κ3) is 4.57. The molecule has 98 valence electrons. The molecule has 0 aliphatic rings. The van der Waals surface area contributed by atoms with Gasteiger partial charge >= 0.3 is 5.97 Å². The van der Waals surface area contributed by atoms with Crippen molar-refractivity contribution in [3.8, 4) is 5.75 Å². The van der Waals surface area contributed by atoms with Crippen LogP contribution in [-0.4, -0.2) is 18.4 Å². The Morgan fingerprint density at radius 1 is 1.22 bits per heavy atom. The molecule has 0 aliphatic heterocycles. The van der Waals surface area contributed by atoms with Crippen LogP contribution >= 0.6 is 0 Å². The number of carbonyl (C=O) groups is 2. The van der Waals surface area contributed by atoms with E-state index in [0.717, 1.165) is 0 Å². The summed E-state index contributed by atoms with van der Waals surface area (Å²) < 4.78 is 5.09. The van der Waals surface area contributed by atoms with E-state index in [1.165, 1.54) is 5.56 Å². The molecule has 1 rings (SSSR count). The Morgan fingerprint density at radius 2 is 1.83 bits per heavy atom. The number of carbonyl (C=O) groups excluding carboxylic acids is 2. The topological polar surface area (TPSA) is 55.4 Å². The van der Waals surface area contributed by atoms with Gasteiger partial charge in [0.15, 0.2) is 0 Å². The van der Waals surface area contributed by atoms with Crippen LogP contribution in [0, 0.1) is 0 Å². The van der Waals surface area contributed by atoms with E-state index in [0.29, 0.717) is 18.1 Å². The number of nitrogens with one attached hydrogen (secondary N) is 1. The highest BCUT2D eigenvalue weighted by Crippen LogP contribution is 2.18. The molecule has 4 heteroatoms. The van der Waals surface area contributed by atoms with Crippen LogP contribution in [-0.2, 0) is 9.59 Å². The monoisotopic (exact) mass is 249 g/mol. The van der Waals surface area contributed by atoms with Gasteiger partial charge in [-0.2, -0.15) is 0 Å². The van der Waals surface area contributed by atoms with Crippen LogP contribution in [0.15, 0.2) is 24.3 Å². The maximum atomic E-state index is 11.4. The van der Waals surface area contributed by atoms with Gasteiger partial charge < -0.3 is 10.1 Å². The van der Waals surface area contributed by atoms with E-state index in [1.54, 1.807) is 19.1 Å². The average Bonchev–Trinajstić information content (AvgIpc) is 2.36. The van der Waals surface area contributed by atoms with Crippen LogP contribution < -0.4 is 10.1 Å². The predicted molar refractivity (Wildman–Crippen MR) is 69.5 cm³/mol. The first-order chi connectivity index (χ1) is 8.52. The van der Waals surface area contributed by atoms with Crippen molar-refractivity contribution in [1.82, 2.24) is 5.32 Å². The molecule has 0 saturated heterocycles. The molecular formula is C14H19NO3. The Kier molecular flexibility index (Phi) is 5.36. The summed E-state index contributed by atoms with van der Waals surface area (Å²) in [7, 11) is 0. The number of amides is 1. The van der Waals surface area contributed by atoms with E-state index in [1.807, 2.05) is 12.1 Å². The van der Waals surface area contributed by atoms with Crippen molar-refractivity contribution in [2.45, 2.75) is 33.1 Å². The van der Waals surface area contributed by atoms with Crippen molar-refractivity contribution >= 4 is 11.9 Å². The van der Waals surface area contributed by atoms with Crippen LogP contribution in [0.3, 0.4) is 0 Å². The number of hydrogen-bond acceptors (Lipinski definition) is 3. The lowest BCUT2D eigenvalue weighted by atomic mass is 10.0. The minimum Gasteiger partial charge on any atom is -0.425 e. The standard InChI is InChI=1S/C14H19NO3/c1-4-13(16)15-9-14(17)18-12-7-5-11(6-8-12)10(2)3/h5-8,10H,4,9H2,1-3H3,(H,15,16). The molecule has 0 radical (unpaired) electrons. The van der Waals surface area contributed by atoms with Gasteiger partial charge in [0.05, 0.1) is 0 Å². The summed E-state index contributed by atoms with van der Waals surface area (Å²) in [6, 6.07) is 7.37. The SMILES string of the molecule is CCC(=O)NCC(=O)Oc1ccc(C(C)C)cc1. The fourth-order valence-electron chi connectivity index (χ4n) is 1.38. The maximum absolute atomic E-state index is 11.4. The average molecular weight is 249 g/mol. The fourth-order valence-corrected chi connectivity index (χ4v) is 1.38. The molecule has 0 fully saturated rings. The van der Waals surface area contributed by atoms with E-state index in [4.69, 9.17) is 4.74 Å². The normalized spacial score (nSPS) is 10.2. The fraction of sp³-hybridized carbons (Fsp3) is 0.429. The minimum absolute atomic E-state index is 0.0986. The van der Waals surface area contributed by atoms with Gasteiger partial charge in [0.1, 0.15) is 12.3 Å². The van der Waals surface area contributed by atoms with Gasteiger partial charge in [-0.3, -0.25) is 4.79 Å². The summed E-state index contributed by atoms with van der Waals surface area (Å²) in [5.41, 5.74) is 1.19. The summed E-state index contributed by atoms with van der Waals surface area (Å²) in [5, 5.41) is 2.47. The molecule has 0 aliphatic carbocycles.